The monoisotopic (exact) mass is 177 g/mol. The Morgan fingerprint density at radius 2 is 2.38 bits per heavy atom. The summed E-state index contributed by atoms with van der Waals surface area (Å²) in [6, 6.07) is 0. The van der Waals surface area contributed by atoms with E-state index in [1.807, 2.05) is 13.0 Å². The van der Waals surface area contributed by atoms with Crippen molar-refractivity contribution in [2.75, 3.05) is 0 Å². The van der Waals surface area contributed by atoms with E-state index in [-0.39, 0.29) is 0 Å². The Balaban J connectivity index is 2.19. The number of allylic oxidation sites excluding steroid dienone is 6. The molecule has 1 aliphatic rings. The second kappa shape index (κ2) is 5.63. The van der Waals surface area contributed by atoms with Gasteiger partial charge in [0.15, 0.2) is 0 Å². The summed E-state index contributed by atoms with van der Waals surface area (Å²) >= 11 is 0. The van der Waals surface area contributed by atoms with E-state index in [2.05, 4.69) is 18.2 Å². The van der Waals surface area contributed by atoms with Crippen LogP contribution in [0.1, 0.15) is 39.0 Å². The molecule has 0 spiro atoms. The lowest BCUT2D eigenvalue weighted by Gasteiger charge is -2.06. The molecule has 2 N–H and O–H groups in total. The maximum atomic E-state index is 5.71. The summed E-state index contributed by atoms with van der Waals surface area (Å²) in [6.07, 6.45) is 14.6. The van der Waals surface area contributed by atoms with E-state index >= 15 is 0 Å². The lowest BCUT2D eigenvalue weighted by atomic mass is 10.0. The number of rotatable bonds is 4. The largest absolute Gasteiger partial charge is 0.402 e. The Hall–Kier alpha value is -0.980. The van der Waals surface area contributed by atoms with Gasteiger partial charge >= 0.3 is 0 Å². The molecule has 0 fully saturated rings. The molecule has 1 heteroatoms. The van der Waals surface area contributed by atoms with E-state index in [0.717, 1.165) is 12.1 Å². The molecule has 0 aliphatic heterocycles. The normalized spacial score (nSPS) is 17.3. The minimum absolute atomic E-state index is 1.01. The van der Waals surface area contributed by atoms with Crippen molar-refractivity contribution in [3.05, 3.63) is 35.6 Å². The zero-order chi connectivity index (χ0) is 9.52. The predicted molar refractivity (Wildman–Crippen MR) is 58.3 cm³/mol. The van der Waals surface area contributed by atoms with Crippen LogP contribution in [0.5, 0.6) is 0 Å². The van der Waals surface area contributed by atoms with Crippen LogP contribution in [-0.2, 0) is 0 Å². The molecule has 0 atom stereocenters. The van der Waals surface area contributed by atoms with Crippen molar-refractivity contribution in [3.63, 3.8) is 0 Å². The third-order valence-electron chi connectivity index (χ3n) is 2.37. The Morgan fingerprint density at radius 1 is 1.54 bits per heavy atom. The summed E-state index contributed by atoms with van der Waals surface area (Å²) in [5.41, 5.74) is 8.21. The van der Waals surface area contributed by atoms with Gasteiger partial charge in [-0.2, -0.15) is 0 Å². The molecule has 0 saturated carbocycles. The molecular weight excluding hydrogens is 158 g/mol. The first-order valence-corrected chi connectivity index (χ1v) is 5.09. The van der Waals surface area contributed by atoms with Crippen LogP contribution in [-0.4, -0.2) is 0 Å². The van der Waals surface area contributed by atoms with Gasteiger partial charge in [0.05, 0.1) is 0 Å². The van der Waals surface area contributed by atoms with Gasteiger partial charge in [0, 0.05) is 5.70 Å². The smallest absolute Gasteiger partial charge is 0.00372 e. The summed E-state index contributed by atoms with van der Waals surface area (Å²) < 4.78 is 0. The minimum Gasteiger partial charge on any atom is -0.402 e. The first kappa shape index (κ1) is 10.1. The molecule has 0 saturated heterocycles. The van der Waals surface area contributed by atoms with Crippen LogP contribution in [0, 0.1) is 0 Å². The molecule has 0 aromatic heterocycles. The first-order valence-electron chi connectivity index (χ1n) is 5.09. The first-order chi connectivity index (χ1) is 6.33. The van der Waals surface area contributed by atoms with E-state index < -0.39 is 0 Å². The predicted octanol–water partition coefficient (Wildman–Crippen LogP) is 3.30. The van der Waals surface area contributed by atoms with Gasteiger partial charge in [-0.05, 0) is 39.0 Å². The molecule has 0 amide bonds. The van der Waals surface area contributed by atoms with Crippen molar-refractivity contribution in [2.24, 2.45) is 5.73 Å². The van der Waals surface area contributed by atoms with Crippen LogP contribution in [0.25, 0.3) is 0 Å². The van der Waals surface area contributed by atoms with Gasteiger partial charge in [0.2, 0.25) is 0 Å². The third-order valence-corrected chi connectivity index (χ3v) is 2.37. The van der Waals surface area contributed by atoms with E-state index in [1.165, 1.54) is 31.3 Å². The zero-order valence-electron chi connectivity index (χ0n) is 8.42. The molecule has 0 aromatic rings. The fraction of sp³-hybridized carbons (Fsp3) is 0.500. The summed E-state index contributed by atoms with van der Waals surface area (Å²) in [4.78, 5) is 0. The highest BCUT2D eigenvalue weighted by Gasteiger charge is 1.97. The number of nitrogens with two attached hydrogens (primary N) is 1. The van der Waals surface area contributed by atoms with E-state index in [1.54, 1.807) is 0 Å². The second-order valence-corrected chi connectivity index (χ2v) is 3.48. The summed E-state index contributed by atoms with van der Waals surface area (Å²) in [6.45, 7) is 2.00. The number of hydrogen-bond donors (Lipinski definition) is 1. The van der Waals surface area contributed by atoms with Gasteiger partial charge in [-0.25, -0.2) is 0 Å². The van der Waals surface area contributed by atoms with Crippen molar-refractivity contribution >= 4 is 0 Å². The fourth-order valence-electron chi connectivity index (χ4n) is 1.49. The van der Waals surface area contributed by atoms with Crippen LogP contribution in [0.3, 0.4) is 0 Å². The Bertz CT molecular complexity index is 234. The maximum absolute atomic E-state index is 5.71. The fourth-order valence-corrected chi connectivity index (χ4v) is 1.49. The summed E-state index contributed by atoms with van der Waals surface area (Å²) in [7, 11) is 0. The molecule has 1 rings (SSSR count). The molecule has 1 aliphatic carbocycles. The molecule has 72 valence electrons. The molecule has 0 heterocycles. The standard InChI is InChI=1S/C12H19N/c1-2-12(13)10-6-9-11-7-4-3-5-8-11/h2,4,7-8H,3,5-6,9-10,13H2,1H3. The number of hydrogen-bond acceptors (Lipinski definition) is 1. The average molecular weight is 177 g/mol. The molecule has 0 radical (unpaired) electrons. The van der Waals surface area contributed by atoms with Crippen LogP contribution in [0.2, 0.25) is 0 Å². The molecule has 1 nitrogen and oxygen atoms in total. The third kappa shape index (κ3) is 3.97. The van der Waals surface area contributed by atoms with Gasteiger partial charge in [0.25, 0.3) is 0 Å². The van der Waals surface area contributed by atoms with Crippen LogP contribution in [0.4, 0.5) is 0 Å². The Labute approximate surface area is 81.0 Å². The van der Waals surface area contributed by atoms with Gasteiger partial charge in [-0.15, -0.1) is 0 Å². The SMILES string of the molecule is CC=C(N)CCCC1=CCCC=C1. The highest BCUT2D eigenvalue weighted by Crippen LogP contribution is 2.16. The molecule has 0 bridgehead atoms. The van der Waals surface area contributed by atoms with Crippen molar-refractivity contribution in [3.8, 4) is 0 Å². The maximum Gasteiger partial charge on any atom is 0.00372 e. The zero-order valence-corrected chi connectivity index (χ0v) is 8.42. The summed E-state index contributed by atoms with van der Waals surface area (Å²) in [5, 5.41) is 0. The highest BCUT2D eigenvalue weighted by atomic mass is 14.6. The van der Waals surface area contributed by atoms with Crippen LogP contribution >= 0.6 is 0 Å². The van der Waals surface area contributed by atoms with Crippen LogP contribution < -0.4 is 5.73 Å². The van der Waals surface area contributed by atoms with Crippen molar-refractivity contribution in [1.29, 1.82) is 0 Å². The van der Waals surface area contributed by atoms with Crippen molar-refractivity contribution in [2.45, 2.75) is 39.0 Å². The van der Waals surface area contributed by atoms with Crippen molar-refractivity contribution < 1.29 is 0 Å². The highest BCUT2D eigenvalue weighted by molar-refractivity contribution is 5.21. The van der Waals surface area contributed by atoms with Gasteiger partial charge < -0.3 is 5.73 Å². The molecule has 0 aromatic carbocycles. The Kier molecular flexibility index (Phi) is 4.37. The van der Waals surface area contributed by atoms with E-state index in [9.17, 15) is 0 Å². The molecule has 13 heavy (non-hydrogen) atoms. The Morgan fingerprint density at radius 3 is 3.00 bits per heavy atom. The second-order valence-electron chi connectivity index (χ2n) is 3.48. The van der Waals surface area contributed by atoms with Gasteiger partial charge in [-0.1, -0.05) is 29.9 Å². The molecular formula is C12H19N. The lowest BCUT2D eigenvalue weighted by Crippen LogP contribution is -1.96. The average Bonchev–Trinajstić information content (AvgIpc) is 2.19. The van der Waals surface area contributed by atoms with Gasteiger partial charge in [0.1, 0.15) is 0 Å². The molecule has 0 unspecified atom stereocenters. The summed E-state index contributed by atoms with van der Waals surface area (Å²) in [5.74, 6) is 0. The van der Waals surface area contributed by atoms with E-state index in [0.29, 0.717) is 0 Å². The quantitative estimate of drug-likeness (QED) is 0.700. The topological polar surface area (TPSA) is 26.0 Å². The van der Waals surface area contributed by atoms with Crippen molar-refractivity contribution in [1.82, 2.24) is 0 Å². The lowest BCUT2D eigenvalue weighted by molar-refractivity contribution is 0.796. The van der Waals surface area contributed by atoms with Crippen LogP contribution in [0.15, 0.2) is 35.6 Å². The van der Waals surface area contributed by atoms with E-state index in [4.69, 9.17) is 5.73 Å². The van der Waals surface area contributed by atoms with Gasteiger partial charge in [-0.3, -0.25) is 0 Å². The minimum atomic E-state index is 1.01.